The number of halogens is 1. The van der Waals surface area contributed by atoms with E-state index in [2.05, 4.69) is 28.8 Å². The van der Waals surface area contributed by atoms with Gasteiger partial charge in [0.2, 0.25) is 0 Å². The molecule has 96 valence electrons. The van der Waals surface area contributed by atoms with Gasteiger partial charge in [-0.25, -0.2) is 0 Å². The largest absolute Gasteiger partial charge is 1.00 e. The predicted molar refractivity (Wildman–Crippen MR) is 71.5 cm³/mol. The second-order valence-corrected chi connectivity index (χ2v) is 5.64. The van der Waals surface area contributed by atoms with Crippen LogP contribution in [0.3, 0.4) is 0 Å². The molecule has 2 aromatic rings. The zero-order valence-electron chi connectivity index (χ0n) is 11.2. The van der Waals surface area contributed by atoms with Crippen LogP contribution in [-0.2, 0) is 19.4 Å². The second kappa shape index (κ2) is 5.85. The molecule has 4 heteroatoms. The molecule has 0 aliphatic heterocycles. The summed E-state index contributed by atoms with van der Waals surface area (Å²) in [5.41, 5.74) is 2.70. The highest BCUT2D eigenvalue weighted by Gasteiger charge is 2.16. The minimum atomic E-state index is 0. The molecule has 0 saturated heterocycles. The molecule has 1 aromatic heterocycles. The Morgan fingerprint density at radius 2 is 1.89 bits per heavy atom. The third-order valence-corrected chi connectivity index (χ3v) is 4.46. The van der Waals surface area contributed by atoms with E-state index in [0.717, 1.165) is 13.0 Å². The van der Waals surface area contributed by atoms with E-state index in [4.69, 9.17) is 5.41 Å². The van der Waals surface area contributed by atoms with Gasteiger partial charge in [0.1, 0.15) is 0 Å². The van der Waals surface area contributed by atoms with Crippen molar-refractivity contribution < 1.29 is 18.4 Å². The summed E-state index contributed by atoms with van der Waals surface area (Å²) < 4.78 is 2.19. The lowest BCUT2D eigenvalue weighted by Crippen LogP contribution is -3.00. The molecule has 1 aromatic carbocycles. The van der Waals surface area contributed by atoms with Crippen LogP contribution in [0.15, 0.2) is 30.3 Å². The minimum Gasteiger partial charge on any atom is -1.00 e. The van der Waals surface area contributed by atoms with Gasteiger partial charge in [-0.1, -0.05) is 30.3 Å². The van der Waals surface area contributed by atoms with Gasteiger partial charge in [-0.15, -0.1) is 11.3 Å². The Kier molecular flexibility index (Phi) is 4.40. The second-order valence-electron chi connectivity index (χ2n) is 4.56. The highest BCUT2D eigenvalue weighted by Crippen LogP contribution is 2.23. The topological polar surface area (TPSA) is 28.8 Å². The molecule has 1 aliphatic carbocycles. The summed E-state index contributed by atoms with van der Waals surface area (Å²) in [6.45, 7) is 0.853. The zero-order valence-corrected chi connectivity index (χ0v) is 12.6. The first-order chi connectivity index (χ1) is 8.34. The van der Waals surface area contributed by atoms with E-state index in [1.165, 1.54) is 35.4 Å². The summed E-state index contributed by atoms with van der Waals surface area (Å²) in [4.78, 5) is 2.15. The van der Waals surface area contributed by atoms with Crippen LogP contribution in [-0.4, -0.2) is 4.57 Å². The van der Waals surface area contributed by atoms with Crippen molar-refractivity contribution in [3.05, 3.63) is 51.3 Å². The maximum Gasteiger partial charge on any atom is 1.00 e. The van der Waals surface area contributed by atoms with E-state index in [-0.39, 0.29) is 18.4 Å². The molecule has 0 amide bonds. The number of aromatic nitrogens is 1. The summed E-state index contributed by atoms with van der Waals surface area (Å²) in [6.07, 6.45) is 4.89. The normalized spacial score (nSPS) is 13.8. The molecule has 18 heavy (non-hydrogen) atoms. The van der Waals surface area contributed by atoms with Crippen molar-refractivity contribution in [1.29, 1.82) is 5.41 Å². The van der Waals surface area contributed by atoms with Crippen molar-refractivity contribution in [2.75, 3.05) is 0 Å². The van der Waals surface area contributed by atoms with Gasteiger partial charge in [-0.05, 0) is 31.2 Å². The van der Waals surface area contributed by atoms with Crippen LogP contribution in [0, 0.1) is 5.41 Å². The van der Waals surface area contributed by atoms with Crippen molar-refractivity contribution in [3.8, 4) is 0 Å². The van der Waals surface area contributed by atoms with Crippen LogP contribution in [0.25, 0.3) is 0 Å². The molecule has 0 saturated carbocycles. The fourth-order valence-corrected chi connectivity index (χ4v) is 3.58. The van der Waals surface area contributed by atoms with E-state index in [0.29, 0.717) is 4.80 Å². The van der Waals surface area contributed by atoms with Crippen molar-refractivity contribution in [3.63, 3.8) is 0 Å². The molecule has 0 unspecified atom stereocenters. The van der Waals surface area contributed by atoms with Crippen LogP contribution >= 0.6 is 11.3 Å². The smallest absolute Gasteiger partial charge is 1.00 e. The van der Waals surface area contributed by atoms with E-state index < -0.39 is 0 Å². The Hall–Kier alpha value is -0.870. The van der Waals surface area contributed by atoms with Crippen molar-refractivity contribution in [2.24, 2.45) is 0 Å². The molecular formula is C14H17BrN2S. The predicted octanol–water partition coefficient (Wildman–Crippen LogP) is 0.0727. The number of aryl methyl sites for hydroxylation is 1. The molecule has 3 rings (SSSR count). The number of thiazole rings is 1. The van der Waals surface area contributed by atoms with Crippen LogP contribution < -0.4 is 21.8 Å². The summed E-state index contributed by atoms with van der Waals surface area (Å²) in [7, 11) is 0. The lowest BCUT2D eigenvalue weighted by Gasteiger charge is -2.14. The van der Waals surface area contributed by atoms with Crippen molar-refractivity contribution in [2.45, 2.75) is 32.2 Å². The molecule has 1 N–H and O–H groups in total. The number of hydrogen-bond donors (Lipinski definition) is 1. The van der Waals surface area contributed by atoms with Gasteiger partial charge in [0.25, 0.3) is 0 Å². The SMILES string of the molecule is N=c1sc2c(n1Cc1ccccc1)CCCC2.[Br-].[H+]. The molecule has 1 aliphatic rings. The maximum atomic E-state index is 8.10. The van der Waals surface area contributed by atoms with Crippen LogP contribution in [0.1, 0.15) is 30.4 Å². The Balaban J connectivity index is 0.000000902. The highest BCUT2D eigenvalue weighted by molar-refractivity contribution is 7.09. The molecule has 0 atom stereocenters. The minimum absolute atomic E-state index is 0. The molecule has 0 fully saturated rings. The van der Waals surface area contributed by atoms with Crippen LogP contribution in [0.2, 0.25) is 0 Å². The number of nitrogens with zero attached hydrogens (tertiary/aromatic N) is 1. The number of nitrogens with one attached hydrogen (secondary N) is 1. The molecule has 2 nitrogen and oxygen atoms in total. The zero-order chi connectivity index (χ0) is 11.7. The first-order valence-electron chi connectivity index (χ1n) is 6.14. The lowest BCUT2D eigenvalue weighted by molar-refractivity contribution is -0.00000362. The number of hydrogen-bond acceptors (Lipinski definition) is 2. The molecule has 0 bridgehead atoms. The summed E-state index contributed by atoms with van der Waals surface area (Å²) in [5.74, 6) is 0. The fraction of sp³-hybridized carbons (Fsp3) is 0.357. The molecule has 0 radical (unpaired) electrons. The lowest BCUT2D eigenvalue weighted by atomic mass is 10.0. The average molecular weight is 325 g/mol. The van der Waals surface area contributed by atoms with Crippen molar-refractivity contribution in [1.82, 2.24) is 4.57 Å². The monoisotopic (exact) mass is 324 g/mol. The van der Waals surface area contributed by atoms with E-state index >= 15 is 0 Å². The Morgan fingerprint density at radius 3 is 2.67 bits per heavy atom. The van der Waals surface area contributed by atoms with Gasteiger partial charge >= 0.3 is 1.43 Å². The maximum absolute atomic E-state index is 8.10. The number of benzene rings is 1. The first-order valence-corrected chi connectivity index (χ1v) is 6.96. The third kappa shape index (κ3) is 2.59. The van der Waals surface area contributed by atoms with Gasteiger partial charge in [-0.2, -0.15) is 0 Å². The highest BCUT2D eigenvalue weighted by atomic mass is 79.9. The summed E-state index contributed by atoms with van der Waals surface area (Å²) in [6, 6.07) is 10.5. The van der Waals surface area contributed by atoms with Gasteiger partial charge in [0.15, 0.2) is 4.80 Å². The van der Waals surface area contributed by atoms with E-state index in [1.807, 2.05) is 6.07 Å². The van der Waals surface area contributed by atoms with Gasteiger partial charge in [-0.3, -0.25) is 5.41 Å². The number of rotatable bonds is 2. The Morgan fingerprint density at radius 1 is 1.17 bits per heavy atom. The summed E-state index contributed by atoms with van der Waals surface area (Å²) in [5, 5.41) is 8.10. The first kappa shape index (κ1) is 13.6. The van der Waals surface area contributed by atoms with Crippen LogP contribution in [0.4, 0.5) is 0 Å². The molecular weight excluding hydrogens is 308 g/mol. The Bertz CT molecular complexity index is 577. The third-order valence-electron chi connectivity index (χ3n) is 3.36. The van der Waals surface area contributed by atoms with E-state index in [9.17, 15) is 0 Å². The molecule has 0 spiro atoms. The van der Waals surface area contributed by atoms with E-state index in [1.54, 1.807) is 11.3 Å². The standard InChI is InChI=1S/C14H16N2S.BrH/c15-14-16(10-11-6-2-1-3-7-11)12-8-4-5-9-13(12)17-14;/h1-3,6-7,15H,4-5,8-10H2;1H. The van der Waals surface area contributed by atoms with Gasteiger partial charge < -0.3 is 21.5 Å². The summed E-state index contributed by atoms with van der Waals surface area (Å²) >= 11 is 1.67. The van der Waals surface area contributed by atoms with Crippen molar-refractivity contribution >= 4 is 11.3 Å². The fourth-order valence-electron chi connectivity index (χ4n) is 2.48. The van der Waals surface area contributed by atoms with Crippen LogP contribution in [0.5, 0.6) is 0 Å². The number of fused-ring (bicyclic) bond motifs is 1. The van der Waals surface area contributed by atoms with Gasteiger partial charge in [0, 0.05) is 10.6 Å². The quantitative estimate of drug-likeness (QED) is 0.810. The van der Waals surface area contributed by atoms with Gasteiger partial charge in [0.05, 0.1) is 6.54 Å². The molecule has 1 heterocycles. The Labute approximate surface area is 123 Å². The average Bonchev–Trinajstić information content (AvgIpc) is 2.68.